The molecular formula is C14H23Cl2NOS. The summed E-state index contributed by atoms with van der Waals surface area (Å²) in [6.45, 7) is 6.41. The van der Waals surface area contributed by atoms with Crippen molar-refractivity contribution in [3.8, 4) is 0 Å². The highest BCUT2D eigenvalue weighted by Gasteiger charge is 2.23. The van der Waals surface area contributed by atoms with Crippen LogP contribution >= 0.6 is 36.2 Å². The topological polar surface area (TPSA) is 29.1 Å². The van der Waals surface area contributed by atoms with Gasteiger partial charge in [-0.1, -0.05) is 13.8 Å². The summed E-state index contributed by atoms with van der Waals surface area (Å²) in [5.41, 5.74) is 0. The first-order chi connectivity index (χ1) is 8.16. The van der Waals surface area contributed by atoms with Crippen LogP contribution in [0.4, 0.5) is 0 Å². The smallest absolute Gasteiger partial charge is 0.175 e. The van der Waals surface area contributed by atoms with E-state index in [2.05, 4.69) is 25.2 Å². The fourth-order valence-electron chi connectivity index (χ4n) is 2.31. The Kier molecular flexibility index (Phi) is 8.92. The Labute approximate surface area is 132 Å². The Bertz CT molecular complexity index is 387. The van der Waals surface area contributed by atoms with E-state index in [1.807, 2.05) is 6.07 Å². The number of hydrogen-bond acceptors (Lipinski definition) is 3. The average molecular weight is 324 g/mol. The minimum Gasteiger partial charge on any atom is -0.317 e. The normalized spacial score (nSPS) is 15.7. The van der Waals surface area contributed by atoms with Crippen LogP contribution in [0.3, 0.4) is 0 Å². The van der Waals surface area contributed by atoms with Gasteiger partial charge in [0.15, 0.2) is 5.78 Å². The molecule has 1 aromatic rings. The molecule has 1 saturated heterocycles. The number of Topliss-reactive ketones (excluding diaryl/α,β-unsaturated/α-hetero) is 1. The number of halogens is 2. The molecule has 1 fully saturated rings. The Morgan fingerprint density at radius 2 is 1.95 bits per heavy atom. The highest BCUT2D eigenvalue weighted by molar-refractivity contribution is 7.14. The van der Waals surface area contributed by atoms with Gasteiger partial charge in [0.2, 0.25) is 0 Å². The first-order valence-electron chi connectivity index (χ1n) is 6.50. The third-order valence-corrected chi connectivity index (χ3v) is 4.35. The highest BCUT2D eigenvalue weighted by Crippen LogP contribution is 2.25. The SMILES string of the molecule is CC(C)Cc1ccc(C(=O)C2CCNCC2)s1.Cl.Cl. The quantitative estimate of drug-likeness (QED) is 0.849. The lowest BCUT2D eigenvalue weighted by Gasteiger charge is -2.20. The number of rotatable bonds is 4. The Hall–Kier alpha value is -0.0900. The molecule has 1 N–H and O–H groups in total. The van der Waals surface area contributed by atoms with Gasteiger partial charge in [-0.3, -0.25) is 4.79 Å². The Morgan fingerprint density at radius 3 is 2.53 bits per heavy atom. The third kappa shape index (κ3) is 5.42. The van der Waals surface area contributed by atoms with E-state index >= 15 is 0 Å². The second-order valence-electron chi connectivity index (χ2n) is 5.25. The van der Waals surface area contributed by atoms with Gasteiger partial charge in [0.25, 0.3) is 0 Å². The molecular weight excluding hydrogens is 301 g/mol. The summed E-state index contributed by atoms with van der Waals surface area (Å²) < 4.78 is 0. The van der Waals surface area contributed by atoms with Gasteiger partial charge in [-0.25, -0.2) is 0 Å². The number of carbonyl (C=O) groups excluding carboxylic acids is 1. The van der Waals surface area contributed by atoms with Gasteiger partial charge in [-0.2, -0.15) is 0 Å². The first-order valence-corrected chi connectivity index (χ1v) is 7.32. The maximum Gasteiger partial charge on any atom is 0.175 e. The molecule has 110 valence electrons. The molecule has 1 aliphatic rings. The number of hydrogen-bond donors (Lipinski definition) is 1. The predicted octanol–water partition coefficient (Wildman–Crippen LogP) is 3.97. The van der Waals surface area contributed by atoms with Gasteiger partial charge in [0.1, 0.15) is 0 Å². The molecule has 0 aromatic carbocycles. The fourth-order valence-corrected chi connectivity index (χ4v) is 3.55. The third-order valence-electron chi connectivity index (χ3n) is 3.22. The van der Waals surface area contributed by atoms with Crippen molar-refractivity contribution < 1.29 is 4.79 Å². The van der Waals surface area contributed by atoms with E-state index in [1.165, 1.54) is 4.88 Å². The molecule has 2 heterocycles. The number of thiophene rings is 1. The lowest BCUT2D eigenvalue weighted by Crippen LogP contribution is -2.31. The van der Waals surface area contributed by atoms with Gasteiger partial charge in [-0.15, -0.1) is 36.2 Å². The maximum atomic E-state index is 12.3. The Balaban J connectivity index is 0.00000162. The van der Waals surface area contributed by atoms with Crippen molar-refractivity contribution in [1.82, 2.24) is 5.32 Å². The van der Waals surface area contributed by atoms with Crippen LogP contribution in [0.5, 0.6) is 0 Å². The van der Waals surface area contributed by atoms with Crippen molar-refractivity contribution in [2.24, 2.45) is 11.8 Å². The molecule has 0 aliphatic carbocycles. The second kappa shape index (κ2) is 8.96. The molecule has 0 saturated carbocycles. The minimum atomic E-state index is 0. The predicted molar refractivity (Wildman–Crippen MR) is 87.3 cm³/mol. The number of ketones is 1. The van der Waals surface area contributed by atoms with Crippen LogP contribution in [0.15, 0.2) is 12.1 Å². The van der Waals surface area contributed by atoms with Gasteiger partial charge in [0.05, 0.1) is 4.88 Å². The monoisotopic (exact) mass is 323 g/mol. The zero-order valence-corrected chi connectivity index (χ0v) is 13.9. The first kappa shape index (κ1) is 18.9. The van der Waals surface area contributed by atoms with Crippen molar-refractivity contribution in [2.45, 2.75) is 33.1 Å². The lowest BCUT2D eigenvalue weighted by molar-refractivity contribution is 0.0899. The molecule has 0 unspecified atom stereocenters. The molecule has 0 atom stereocenters. The maximum absolute atomic E-state index is 12.3. The number of nitrogens with one attached hydrogen (secondary N) is 1. The van der Waals surface area contributed by atoms with Crippen molar-refractivity contribution in [3.05, 3.63) is 21.9 Å². The zero-order valence-electron chi connectivity index (χ0n) is 11.5. The van der Waals surface area contributed by atoms with E-state index in [0.29, 0.717) is 11.7 Å². The second-order valence-corrected chi connectivity index (χ2v) is 6.42. The van der Waals surface area contributed by atoms with E-state index in [4.69, 9.17) is 0 Å². The van der Waals surface area contributed by atoms with Crippen LogP contribution in [0.25, 0.3) is 0 Å². The van der Waals surface area contributed by atoms with Gasteiger partial charge >= 0.3 is 0 Å². The van der Waals surface area contributed by atoms with E-state index in [1.54, 1.807) is 11.3 Å². The highest BCUT2D eigenvalue weighted by atomic mass is 35.5. The van der Waals surface area contributed by atoms with Gasteiger partial charge < -0.3 is 5.32 Å². The summed E-state index contributed by atoms with van der Waals surface area (Å²) in [5.74, 6) is 1.28. The van der Waals surface area contributed by atoms with E-state index in [0.717, 1.165) is 37.2 Å². The van der Waals surface area contributed by atoms with Crippen LogP contribution in [-0.4, -0.2) is 18.9 Å². The van der Waals surface area contributed by atoms with E-state index in [-0.39, 0.29) is 30.7 Å². The van der Waals surface area contributed by atoms with Crippen LogP contribution in [0, 0.1) is 11.8 Å². The van der Waals surface area contributed by atoms with Crippen molar-refractivity contribution in [1.29, 1.82) is 0 Å². The average Bonchev–Trinajstić information content (AvgIpc) is 2.77. The lowest BCUT2D eigenvalue weighted by atomic mass is 9.93. The number of piperidine rings is 1. The molecule has 2 rings (SSSR count). The largest absolute Gasteiger partial charge is 0.317 e. The van der Waals surface area contributed by atoms with E-state index < -0.39 is 0 Å². The fraction of sp³-hybridized carbons (Fsp3) is 0.643. The molecule has 1 aromatic heterocycles. The molecule has 1 aliphatic heterocycles. The van der Waals surface area contributed by atoms with Crippen LogP contribution in [0.2, 0.25) is 0 Å². The van der Waals surface area contributed by atoms with Crippen LogP contribution < -0.4 is 5.32 Å². The minimum absolute atomic E-state index is 0. The Morgan fingerprint density at radius 1 is 1.32 bits per heavy atom. The molecule has 0 bridgehead atoms. The zero-order chi connectivity index (χ0) is 12.3. The molecule has 0 amide bonds. The summed E-state index contributed by atoms with van der Waals surface area (Å²) >= 11 is 1.69. The van der Waals surface area contributed by atoms with Crippen molar-refractivity contribution in [3.63, 3.8) is 0 Å². The van der Waals surface area contributed by atoms with Crippen molar-refractivity contribution >= 4 is 41.9 Å². The standard InChI is InChI=1S/C14H21NOS.2ClH/c1-10(2)9-12-3-4-13(17-12)14(16)11-5-7-15-8-6-11;;/h3-4,10-11,15H,5-9H2,1-2H3;2*1H. The molecule has 19 heavy (non-hydrogen) atoms. The van der Waals surface area contributed by atoms with Gasteiger partial charge in [0, 0.05) is 10.8 Å². The molecule has 0 spiro atoms. The summed E-state index contributed by atoms with van der Waals surface area (Å²) in [5, 5.41) is 3.30. The van der Waals surface area contributed by atoms with E-state index in [9.17, 15) is 4.79 Å². The summed E-state index contributed by atoms with van der Waals surface area (Å²) in [6.07, 6.45) is 3.08. The van der Waals surface area contributed by atoms with Crippen molar-refractivity contribution in [2.75, 3.05) is 13.1 Å². The van der Waals surface area contributed by atoms with Crippen LogP contribution in [-0.2, 0) is 6.42 Å². The molecule has 5 heteroatoms. The summed E-state index contributed by atoms with van der Waals surface area (Å²) in [6, 6.07) is 4.14. The number of carbonyl (C=O) groups is 1. The van der Waals surface area contributed by atoms with Crippen LogP contribution in [0.1, 0.15) is 41.2 Å². The molecule has 2 nitrogen and oxygen atoms in total. The summed E-state index contributed by atoms with van der Waals surface area (Å²) in [7, 11) is 0. The molecule has 0 radical (unpaired) electrons. The summed E-state index contributed by atoms with van der Waals surface area (Å²) in [4.78, 5) is 14.6. The van der Waals surface area contributed by atoms with Gasteiger partial charge in [-0.05, 0) is 50.4 Å².